The number of nitrogens with one attached hydrogen (secondary N) is 1. The Hall–Kier alpha value is -0.810. The van der Waals surface area contributed by atoms with Gasteiger partial charge in [-0.25, -0.2) is 9.97 Å². The number of aryl methyl sites for hydroxylation is 1. The lowest BCUT2D eigenvalue weighted by molar-refractivity contribution is 1.02. The van der Waals surface area contributed by atoms with E-state index in [1.54, 1.807) is 12.4 Å². The summed E-state index contributed by atoms with van der Waals surface area (Å²) in [5.74, 6) is 0. The minimum Gasteiger partial charge on any atom is -0.339 e. The fraction of sp³-hybridized carbons (Fsp3) is 0.111. The molecular weight excluding hydrogens is 262 g/mol. The van der Waals surface area contributed by atoms with Crippen LogP contribution in [0.2, 0.25) is 0 Å². The maximum Gasteiger partial charge on any atom is 0.171 e. The van der Waals surface area contributed by atoms with E-state index in [-0.39, 0.29) is 0 Å². The first-order valence-electron chi connectivity index (χ1n) is 4.06. The van der Waals surface area contributed by atoms with Gasteiger partial charge in [0.25, 0.3) is 0 Å². The summed E-state index contributed by atoms with van der Waals surface area (Å²) in [5, 5.41) is 1.81. The van der Waals surface area contributed by atoms with Crippen molar-refractivity contribution in [2.75, 3.05) is 0 Å². The van der Waals surface area contributed by atoms with Gasteiger partial charge in [0, 0.05) is 16.9 Å². The highest BCUT2D eigenvalue weighted by Gasteiger charge is 2.02. The SMILES string of the molecule is Cc1nc(Sc2ncc[nH]2)ccc1Br. The largest absolute Gasteiger partial charge is 0.339 e. The molecule has 0 saturated carbocycles. The standard InChI is InChI=1S/C9H8BrN3S/c1-6-7(10)2-3-8(13-6)14-9-11-4-5-12-9/h2-5H,1H3,(H,11,12). The van der Waals surface area contributed by atoms with E-state index >= 15 is 0 Å². The molecule has 2 aromatic heterocycles. The molecule has 0 spiro atoms. The molecule has 0 fully saturated rings. The van der Waals surface area contributed by atoms with Crippen LogP contribution < -0.4 is 0 Å². The Balaban J connectivity index is 2.22. The fourth-order valence-electron chi connectivity index (χ4n) is 0.984. The van der Waals surface area contributed by atoms with Gasteiger partial charge in [0.05, 0.1) is 5.69 Å². The average molecular weight is 270 g/mol. The van der Waals surface area contributed by atoms with Gasteiger partial charge in [0.2, 0.25) is 0 Å². The van der Waals surface area contributed by atoms with E-state index in [1.165, 1.54) is 11.8 Å². The highest BCUT2D eigenvalue weighted by molar-refractivity contribution is 9.10. The zero-order valence-electron chi connectivity index (χ0n) is 7.49. The zero-order valence-corrected chi connectivity index (χ0v) is 9.89. The summed E-state index contributed by atoms with van der Waals surface area (Å²) in [6, 6.07) is 3.96. The van der Waals surface area contributed by atoms with E-state index in [4.69, 9.17) is 0 Å². The quantitative estimate of drug-likeness (QED) is 0.912. The maximum absolute atomic E-state index is 4.40. The van der Waals surface area contributed by atoms with Crippen LogP contribution in [0.5, 0.6) is 0 Å². The van der Waals surface area contributed by atoms with Gasteiger partial charge in [-0.15, -0.1) is 0 Å². The summed E-state index contributed by atoms with van der Waals surface area (Å²) >= 11 is 4.93. The topological polar surface area (TPSA) is 41.6 Å². The van der Waals surface area contributed by atoms with Gasteiger partial charge in [0.1, 0.15) is 5.03 Å². The van der Waals surface area contributed by atoms with E-state index in [1.807, 2.05) is 19.1 Å². The molecule has 5 heteroatoms. The molecule has 0 unspecified atom stereocenters. The van der Waals surface area contributed by atoms with Crippen molar-refractivity contribution in [3.8, 4) is 0 Å². The van der Waals surface area contributed by atoms with Crippen molar-refractivity contribution in [1.29, 1.82) is 0 Å². The molecule has 0 aliphatic rings. The number of hydrogen-bond donors (Lipinski definition) is 1. The van der Waals surface area contributed by atoms with Crippen LogP contribution in [-0.4, -0.2) is 15.0 Å². The van der Waals surface area contributed by atoms with Gasteiger partial charge in [-0.2, -0.15) is 0 Å². The molecule has 0 bridgehead atoms. The van der Waals surface area contributed by atoms with Crippen molar-refractivity contribution in [3.05, 3.63) is 34.7 Å². The molecule has 2 aromatic rings. The summed E-state index contributed by atoms with van der Waals surface area (Å²) in [6.07, 6.45) is 3.53. The summed E-state index contributed by atoms with van der Waals surface area (Å²) in [5.41, 5.74) is 0.988. The fourth-order valence-corrected chi connectivity index (χ4v) is 1.96. The molecule has 0 aromatic carbocycles. The van der Waals surface area contributed by atoms with E-state index in [0.717, 1.165) is 20.3 Å². The zero-order chi connectivity index (χ0) is 9.97. The highest BCUT2D eigenvalue weighted by atomic mass is 79.9. The van der Waals surface area contributed by atoms with Crippen molar-refractivity contribution in [2.45, 2.75) is 17.1 Å². The second kappa shape index (κ2) is 4.14. The van der Waals surface area contributed by atoms with E-state index in [0.29, 0.717) is 0 Å². The molecule has 0 radical (unpaired) electrons. The molecule has 0 saturated heterocycles. The van der Waals surface area contributed by atoms with Crippen LogP contribution in [0.4, 0.5) is 0 Å². The Labute approximate surface area is 94.5 Å². The smallest absolute Gasteiger partial charge is 0.171 e. The first-order chi connectivity index (χ1) is 6.75. The van der Waals surface area contributed by atoms with Gasteiger partial charge in [-0.1, -0.05) is 0 Å². The van der Waals surface area contributed by atoms with Crippen LogP contribution in [0.1, 0.15) is 5.69 Å². The molecule has 2 heterocycles. The minimum absolute atomic E-state index is 0.860. The number of nitrogens with zero attached hydrogens (tertiary/aromatic N) is 2. The molecule has 2 rings (SSSR count). The number of aromatic nitrogens is 3. The van der Waals surface area contributed by atoms with Crippen molar-refractivity contribution in [1.82, 2.24) is 15.0 Å². The van der Waals surface area contributed by atoms with Crippen LogP contribution in [0.25, 0.3) is 0 Å². The lowest BCUT2D eigenvalue weighted by Gasteiger charge is -2.00. The third-order valence-corrected chi connectivity index (χ3v) is 3.36. The number of pyridine rings is 1. The Morgan fingerprint density at radius 1 is 1.43 bits per heavy atom. The molecule has 3 nitrogen and oxygen atoms in total. The molecule has 0 atom stereocenters. The lowest BCUT2D eigenvalue weighted by atomic mass is 10.4. The Kier molecular flexibility index (Phi) is 2.88. The molecular formula is C9H8BrN3S. The molecule has 14 heavy (non-hydrogen) atoms. The van der Waals surface area contributed by atoms with Crippen LogP contribution in [0.15, 0.2) is 39.2 Å². The summed E-state index contributed by atoms with van der Waals surface area (Å²) < 4.78 is 1.03. The number of aromatic amines is 1. The molecule has 0 aliphatic heterocycles. The number of rotatable bonds is 2. The molecule has 1 N–H and O–H groups in total. The van der Waals surface area contributed by atoms with Crippen LogP contribution >= 0.6 is 27.7 Å². The maximum atomic E-state index is 4.40. The molecule has 0 amide bonds. The van der Waals surface area contributed by atoms with E-state index < -0.39 is 0 Å². The third-order valence-electron chi connectivity index (χ3n) is 1.67. The van der Waals surface area contributed by atoms with E-state index in [2.05, 4.69) is 30.9 Å². The first-order valence-corrected chi connectivity index (χ1v) is 5.67. The van der Waals surface area contributed by atoms with Crippen molar-refractivity contribution >= 4 is 27.7 Å². The van der Waals surface area contributed by atoms with Crippen LogP contribution in [-0.2, 0) is 0 Å². The van der Waals surface area contributed by atoms with Gasteiger partial charge in [-0.3, -0.25) is 0 Å². The minimum atomic E-state index is 0.860. The van der Waals surface area contributed by atoms with Crippen molar-refractivity contribution in [2.24, 2.45) is 0 Å². The lowest BCUT2D eigenvalue weighted by Crippen LogP contribution is -1.86. The Morgan fingerprint density at radius 3 is 2.93 bits per heavy atom. The first kappa shape index (κ1) is 9.73. The third kappa shape index (κ3) is 2.16. The van der Waals surface area contributed by atoms with Crippen LogP contribution in [0, 0.1) is 6.92 Å². The van der Waals surface area contributed by atoms with Gasteiger partial charge in [0.15, 0.2) is 5.16 Å². The monoisotopic (exact) mass is 269 g/mol. The van der Waals surface area contributed by atoms with Crippen LogP contribution in [0.3, 0.4) is 0 Å². The molecule has 0 aliphatic carbocycles. The highest BCUT2D eigenvalue weighted by Crippen LogP contribution is 2.24. The predicted molar refractivity (Wildman–Crippen MR) is 59.4 cm³/mol. The summed E-state index contributed by atoms with van der Waals surface area (Å²) in [6.45, 7) is 1.97. The summed E-state index contributed by atoms with van der Waals surface area (Å²) in [4.78, 5) is 11.5. The second-order valence-electron chi connectivity index (χ2n) is 2.71. The van der Waals surface area contributed by atoms with Crippen molar-refractivity contribution in [3.63, 3.8) is 0 Å². The Bertz CT molecular complexity index is 428. The van der Waals surface area contributed by atoms with Gasteiger partial charge in [-0.05, 0) is 46.7 Å². The number of halogens is 1. The molecule has 72 valence electrons. The van der Waals surface area contributed by atoms with Gasteiger partial charge >= 0.3 is 0 Å². The number of imidazole rings is 1. The average Bonchev–Trinajstić information content (AvgIpc) is 2.64. The van der Waals surface area contributed by atoms with E-state index in [9.17, 15) is 0 Å². The summed E-state index contributed by atoms with van der Waals surface area (Å²) in [7, 11) is 0. The van der Waals surface area contributed by atoms with Gasteiger partial charge < -0.3 is 4.98 Å². The normalized spacial score (nSPS) is 10.4. The van der Waals surface area contributed by atoms with Crippen molar-refractivity contribution < 1.29 is 0 Å². The predicted octanol–water partition coefficient (Wildman–Crippen LogP) is 3.03. The second-order valence-corrected chi connectivity index (χ2v) is 4.58. The number of hydrogen-bond acceptors (Lipinski definition) is 3. The number of H-pyrrole nitrogens is 1. The Morgan fingerprint density at radius 2 is 2.29 bits per heavy atom.